The summed E-state index contributed by atoms with van der Waals surface area (Å²) in [6.45, 7) is 0.728. The molecular formula is C23H20N4O. The Hall–Kier alpha value is -3.73. The number of aromatic nitrogens is 3. The number of imidazole rings is 1. The maximum atomic E-state index is 12.9. The molecule has 1 atom stereocenters. The molecule has 2 heterocycles. The Morgan fingerprint density at radius 2 is 1.57 bits per heavy atom. The minimum atomic E-state index is -0.234. The molecule has 5 heteroatoms. The minimum absolute atomic E-state index is 0.111. The van der Waals surface area contributed by atoms with E-state index >= 15 is 0 Å². The lowest BCUT2D eigenvalue weighted by atomic mass is 9.99. The van der Waals surface area contributed by atoms with Crippen LogP contribution in [-0.2, 0) is 6.54 Å². The van der Waals surface area contributed by atoms with Crippen LogP contribution in [0.15, 0.2) is 97.8 Å². The second-order valence-corrected chi connectivity index (χ2v) is 6.53. The summed E-state index contributed by atoms with van der Waals surface area (Å²) in [7, 11) is 0. The van der Waals surface area contributed by atoms with Crippen molar-refractivity contribution in [3.8, 4) is 0 Å². The first-order valence-electron chi connectivity index (χ1n) is 9.10. The molecule has 138 valence electrons. The summed E-state index contributed by atoms with van der Waals surface area (Å²) >= 11 is 0. The fraction of sp³-hybridized carbons (Fsp3) is 0.0870. The van der Waals surface area contributed by atoms with Gasteiger partial charge in [0.2, 0.25) is 0 Å². The summed E-state index contributed by atoms with van der Waals surface area (Å²) in [6.07, 6.45) is 8.93. The van der Waals surface area contributed by atoms with E-state index in [9.17, 15) is 4.79 Å². The van der Waals surface area contributed by atoms with E-state index in [1.165, 1.54) is 0 Å². The van der Waals surface area contributed by atoms with Crippen LogP contribution < -0.4 is 5.32 Å². The molecule has 1 unspecified atom stereocenters. The summed E-state index contributed by atoms with van der Waals surface area (Å²) < 4.78 is 1.99. The number of nitrogens with one attached hydrogen (secondary N) is 1. The van der Waals surface area contributed by atoms with Gasteiger partial charge in [-0.3, -0.25) is 9.78 Å². The largest absolute Gasteiger partial charge is 0.341 e. The first kappa shape index (κ1) is 17.7. The Morgan fingerprint density at radius 3 is 2.25 bits per heavy atom. The van der Waals surface area contributed by atoms with Gasteiger partial charge in [0.05, 0.1) is 12.4 Å². The molecule has 5 nitrogen and oxygen atoms in total. The van der Waals surface area contributed by atoms with Gasteiger partial charge in [-0.2, -0.15) is 0 Å². The quantitative estimate of drug-likeness (QED) is 0.562. The van der Waals surface area contributed by atoms with Gasteiger partial charge >= 0.3 is 0 Å². The smallest absolute Gasteiger partial charge is 0.252 e. The molecule has 0 bridgehead atoms. The van der Waals surface area contributed by atoms with E-state index in [0.29, 0.717) is 5.56 Å². The molecule has 0 aliphatic carbocycles. The minimum Gasteiger partial charge on any atom is -0.341 e. The van der Waals surface area contributed by atoms with Gasteiger partial charge in [-0.1, -0.05) is 42.5 Å². The molecule has 0 saturated heterocycles. The lowest BCUT2D eigenvalue weighted by Crippen LogP contribution is -2.29. The molecule has 4 aromatic rings. The van der Waals surface area contributed by atoms with Crippen molar-refractivity contribution < 1.29 is 4.79 Å². The fourth-order valence-electron chi connectivity index (χ4n) is 3.13. The van der Waals surface area contributed by atoms with Crippen LogP contribution in [0, 0.1) is 0 Å². The van der Waals surface area contributed by atoms with Crippen molar-refractivity contribution in [1.82, 2.24) is 19.9 Å². The Balaban J connectivity index is 1.53. The highest BCUT2D eigenvalue weighted by molar-refractivity contribution is 5.94. The van der Waals surface area contributed by atoms with E-state index in [2.05, 4.69) is 15.3 Å². The third kappa shape index (κ3) is 4.15. The van der Waals surface area contributed by atoms with Crippen LogP contribution in [0.1, 0.15) is 33.1 Å². The number of nitrogens with zero attached hydrogens (tertiary/aromatic N) is 3. The number of carbonyl (C=O) groups excluding carboxylic acids is 1. The predicted molar refractivity (Wildman–Crippen MR) is 108 cm³/mol. The molecule has 0 spiro atoms. The van der Waals surface area contributed by atoms with Crippen LogP contribution in [-0.4, -0.2) is 20.4 Å². The summed E-state index contributed by atoms with van der Waals surface area (Å²) in [4.78, 5) is 21.0. The van der Waals surface area contributed by atoms with Crippen LogP contribution in [0.2, 0.25) is 0 Å². The molecule has 0 aliphatic heterocycles. The van der Waals surface area contributed by atoms with Crippen LogP contribution >= 0.6 is 0 Å². The van der Waals surface area contributed by atoms with Crippen LogP contribution in [0.3, 0.4) is 0 Å². The second-order valence-electron chi connectivity index (χ2n) is 6.53. The summed E-state index contributed by atoms with van der Waals surface area (Å²) in [5, 5.41) is 3.15. The number of rotatable bonds is 6. The zero-order valence-electron chi connectivity index (χ0n) is 15.3. The van der Waals surface area contributed by atoms with E-state index in [1.54, 1.807) is 24.9 Å². The van der Waals surface area contributed by atoms with Gasteiger partial charge in [-0.15, -0.1) is 0 Å². The maximum absolute atomic E-state index is 12.9. The Bertz CT molecular complexity index is 974. The number of hydrogen-bond acceptors (Lipinski definition) is 3. The fourth-order valence-corrected chi connectivity index (χ4v) is 3.13. The highest BCUT2D eigenvalue weighted by atomic mass is 16.1. The average molecular weight is 368 g/mol. The third-order valence-electron chi connectivity index (χ3n) is 4.59. The Kier molecular flexibility index (Phi) is 5.24. The number of pyridine rings is 1. The molecule has 1 amide bonds. The molecule has 0 saturated carbocycles. The number of benzene rings is 2. The number of hydrogen-bond donors (Lipinski definition) is 1. The Morgan fingerprint density at radius 1 is 0.857 bits per heavy atom. The molecule has 1 N–H and O–H groups in total. The highest BCUT2D eigenvalue weighted by Crippen LogP contribution is 2.22. The molecular weight excluding hydrogens is 348 g/mol. The monoisotopic (exact) mass is 368 g/mol. The van der Waals surface area contributed by atoms with Crippen molar-refractivity contribution >= 4 is 5.91 Å². The van der Waals surface area contributed by atoms with E-state index in [1.807, 2.05) is 77.5 Å². The Labute approximate surface area is 163 Å². The van der Waals surface area contributed by atoms with Crippen molar-refractivity contribution in [3.63, 3.8) is 0 Å². The van der Waals surface area contributed by atoms with Crippen LogP contribution in [0.5, 0.6) is 0 Å². The van der Waals surface area contributed by atoms with Crippen molar-refractivity contribution in [2.75, 3.05) is 0 Å². The van der Waals surface area contributed by atoms with Crippen molar-refractivity contribution in [3.05, 3.63) is 120 Å². The molecule has 0 aliphatic rings. The van der Waals surface area contributed by atoms with Crippen molar-refractivity contribution in [1.29, 1.82) is 0 Å². The third-order valence-corrected chi connectivity index (χ3v) is 4.59. The van der Waals surface area contributed by atoms with Gasteiger partial charge in [0.1, 0.15) is 0 Å². The molecule has 2 aromatic carbocycles. The van der Waals surface area contributed by atoms with Gasteiger partial charge in [0.25, 0.3) is 5.91 Å². The van der Waals surface area contributed by atoms with E-state index in [4.69, 9.17) is 0 Å². The zero-order chi connectivity index (χ0) is 19.2. The highest BCUT2D eigenvalue weighted by Gasteiger charge is 2.17. The summed E-state index contributed by atoms with van der Waals surface area (Å²) in [5.41, 5.74) is 3.76. The summed E-state index contributed by atoms with van der Waals surface area (Å²) in [5.74, 6) is -0.111. The van der Waals surface area contributed by atoms with Gasteiger partial charge < -0.3 is 9.88 Å². The number of carbonyl (C=O) groups is 1. The molecule has 4 rings (SSSR count). The van der Waals surface area contributed by atoms with Gasteiger partial charge in [-0.05, 0) is 41.0 Å². The lowest BCUT2D eigenvalue weighted by Gasteiger charge is -2.20. The first-order valence-corrected chi connectivity index (χ1v) is 9.10. The van der Waals surface area contributed by atoms with Crippen molar-refractivity contribution in [2.45, 2.75) is 12.6 Å². The van der Waals surface area contributed by atoms with Gasteiger partial charge in [-0.25, -0.2) is 4.98 Å². The molecule has 2 aromatic heterocycles. The normalized spacial score (nSPS) is 11.7. The van der Waals surface area contributed by atoms with E-state index < -0.39 is 0 Å². The summed E-state index contributed by atoms with van der Waals surface area (Å²) in [6, 6.07) is 21.2. The molecule has 28 heavy (non-hydrogen) atoms. The standard InChI is InChI=1S/C23H20N4O/c28-23(21-8-6-18(7-9-21)16-27-15-14-25-17-27)26-22(19-4-2-1-3-5-19)20-10-12-24-13-11-20/h1-15,17,22H,16H2,(H,26,28). The van der Waals surface area contributed by atoms with Crippen molar-refractivity contribution in [2.24, 2.45) is 0 Å². The van der Waals surface area contributed by atoms with Crippen LogP contribution in [0.25, 0.3) is 0 Å². The van der Waals surface area contributed by atoms with Gasteiger partial charge in [0, 0.05) is 36.9 Å². The SMILES string of the molecule is O=C(NC(c1ccccc1)c1ccncc1)c1ccc(Cn2ccnc2)cc1. The second kappa shape index (κ2) is 8.31. The van der Waals surface area contributed by atoms with Crippen LogP contribution in [0.4, 0.5) is 0 Å². The first-order chi connectivity index (χ1) is 13.8. The van der Waals surface area contributed by atoms with E-state index in [0.717, 1.165) is 23.2 Å². The van der Waals surface area contributed by atoms with Gasteiger partial charge in [0.15, 0.2) is 0 Å². The zero-order valence-corrected chi connectivity index (χ0v) is 15.3. The lowest BCUT2D eigenvalue weighted by molar-refractivity contribution is 0.0943. The maximum Gasteiger partial charge on any atom is 0.252 e. The molecule has 0 fully saturated rings. The average Bonchev–Trinajstić information content (AvgIpc) is 3.27. The number of amides is 1. The molecule has 0 radical (unpaired) electrons. The van der Waals surface area contributed by atoms with E-state index in [-0.39, 0.29) is 11.9 Å². The predicted octanol–water partition coefficient (Wildman–Crippen LogP) is 3.85. The topological polar surface area (TPSA) is 59.8 Å².